The molecule has 0 spiro atoms. The van der Waals surface area contributed by atoms with Crippen LogP contribution in [0.3, 0.4) is 0 Å². The van der Waals surface area contributed by atoms with Gasteiger partial charge in [-0.05, 0) is 60.7 Å². The lowest BCUT2D eigenvalue weighted by Gasteiger charge is -2.11. The second kappa shape index (κ2) is 20.8. The van der Waals surface area contributed by atoms with E-state index in [9.17, 15) is 9.59 Å². The number of ether oxygens (including phenoxy) is 8. The second-order valence-electron chi connectivity index (χ2n) is 10.6. The molecule has 0 saturated heterocycles. The number of rotatable bonds is 14. The Morgan fingerprint density at radius 2 is 0.694 bits per heavy atom. The first-order chi connectivity index (χ1) is 23.9. The highest BCUT2D eigenvalue weighted by atomic mass is 16.5. The number of carbonyl (C=O) groups excluding carboxylic acids is 2. The van der Waals surface area contributed by atoms with E-state index in [4.69, 9.17) is 37.9 Å². The average molecular weight is 675 g/mol. The van der Waals surface area contributed by atoms with E-state index in [0.717, 1.165) is 0 Å². The van der Waals surface area contributed by atoms with Gasteiger partial charge >= 0.3 is 0 Å². The molecule has 0 atom stereocenters. The Kier molecular flexibility index (Phi) is 16.1. The Labute approximate surface area is 288 Å². The van der Waals surface area contributed by atoms with Crippen molar-refractivity contribution in [3.8, 4) is 46.0 Å². The summed E-state index contributed by atoms with van der Waals surface area (Å²) in [7, 11) is 9.25. The molecule has 0 N–H and O–H groups in total. The molecule has 0 amide bonds. The fraction of sp³-hybridized carbons (Fsp3) is 0.333. The summed E-state index contributed by atoms with van der Waals surface area (Å²) in [5.74, 6) is 4.06. The van der Waals surface area contributed by atoms with Gasteiger partial charge in [0.25, 0.3) is 0 Å². The monoisotopic (exact) mass is 674 g/mol. The van der Waals surface area contributed by atoms with Crippen molar-refractivity contribution < 1.29 is 47.5 Å². The summed E-state index contributed by atoms with van der Waals surface area (Å²) in [5.41, 5.74) is 0.986. The summed E-state index contributed by atoms with van der Waals surface area (Å²) in [4.78, 5) is 24.4. The van der Waals surface area contributed by atoms with Crippen molar-refractivity contribution in [3.05, 3.63) is 96.1 Å². The average Bonchev–Trinajstić information content (AvgIpc) is 3.76. The van der Waals surface area contributed by atoms with Crippen LogP contribution in [0.25, 0.3) is 0 Å². The molecule has 1 aliphatic rings. The van der Waals surface area contributed by atoms with Crippen LogP contribution in [0.1, 0.15) is 52.8 Å². The molecule has 49 heavy (non-hydrogen) atoms. The van der Waals surface area contributed by atoms with Crippen molar-refractivity contribution in [1.82, 2.24) is 0 Å². The third-order valence-corrected chi connectivity index (χ3v) is 7.52. The fourth-order valence-electron chi connectivity index (χ4n) is 4.83. The molecule has 0 aliphatic heterocycles. The first-order valence-electron chi connectivity index (χ1n) is 15.9. The number of Topliss-reactive ketones (excluding diaryl/α,β-unsaturated/α-hetero) is 2. The zero-order valence-corrected chi connectivity index (χ0v) is 29.1. The molecule has 1 saturated carbocycles. The molecule has 5 rings (SSSR count). The Hall–Kier alpha value is -5.38. The lowest BCUT2D eigenvalue weighted by Crippen LogP contribution is -2.12. The molecule has 0 radical (unpaired) electrons. The van der Waals surface area contributed by atoms with Crippen molar-refractivity contribution in [2.45, 2.75) is 32.1 Å². The highest BCUT2D eigenvalue weighted by Crippen LogP contribution is 2.30. The van der Waals surface area contributed by atoms with Crippen LogP contribution in [-0.2, 0) is 0 Å². The summed E-state index contributed by atoms with van der Waals surface area (Å²) < 4.78 is 42.1. The minimum atomic E-state index is -0.160. The molecule has 0 bridgehead atoms. The minimum Gasteiger partial charge on any atom is -0.493 e. The number of methoxy groups -OCH3 is 6. The molecule has 10 heteroatoms. The van der Waals surface area contributed by atoms with Gasteiger partial charge in [0, 0.05) is 11.1 Å². The molecule has 0 heterocycles. The summed E-state index contributed by atoms with van der Waals surface area (Å²) in [6.07, 6.45) is 7.50. The summed E-state index contributed by atoms with van der Waals surface area (Å²) in [6.45, 7) is -0.175. The highest BCUT2D eigenvalue weighted by molar-refractivity contribution is 5.98. The van der Waals surface area contributed by atoms with Crippen molar-refractivity contribution in [2.24, 2.45) is 0 Å². The van der Waals surface area contributed by atoms with E-state index in [-0.39, 0.29) is 24.8 Å². The van der Waals surface area contributed by atoms with Crippen LogP contribution in [0, 0.1) is 0 Å². The van der Waals surface area contributed by atoms with E-state index >= 15 is 0 Å². The van der Waals surface area contributed by atoms with Gasteiger partial charge in [0.2, 0.25) is 0 Å². The molecule has 0 unspecified atom stereocenters. The Morgan fingerprint density at radius 1 is 0.408 bits per heavy atom. The molecular formula is C39H46O10. The lowest BCUT2D eigenvalue weighted by atomic mass is 10.1. The van der Waals surface area contributed by atoms with Crippen LogP contribution in [-0.4, -0.2) is 67.4 Å². The molecule has 0 aromatic heterocycles. The quantitative estimate of drug-likeness (QED) is 0.123. The van der Waals surface area contributed by atoms with Crippen molar-refractivity contribution in [2.75, 3.05) is 55.9 Å². The SMILES string of the molecule is C1CCCC1.COc1ccc(C(=O)COc2ccccc2OC)cc1OC.COc1ccc(C(=O)COc2ccccc2OC)cc1OC. The first kappa shape index (κ1) is 38.1. The maximum atomic E-state index is 12.2. The molecular weight excluding hydrogens is 628 g/mol. The van der Waals surface area contributed by atoms with Crippen LogP contribution < -0.4 is 37.9 Å². The van der Waals surface area contributed by atoms with E-state index in [1.54, 1.807) is 89.1 Å². The number of carbonyl (C=O) groups is 2. The van der Waals surface area contributed by atoms with Gasteiger partial charge in [-0.3, -0.25) is 9.59 Å². The van der Waals surface area contributed by atoms with E-state index in [2.05, 4.69) is 0 Å². The summed E-state index contributed by atoms with van der Waals surface area (Å²) in [6, 6.07) is 24.4. The van der Waals surface area contributed by atoms with Crippen LogP contribution in [0.15, 0.2) is 84.9 Å². The number of hydrogen-bond donors (Lipinski definition) is 0. The van der Waals surface area contributed by atoms with Crippen LogP contribution >= 0.6 is 0 Å². The van der Waals surface area contributed by atoms with Crippen molar-refractivity contribution in [3.63, 3.8) is 0 Å². The van der Waals surface area contributed by atoms with Crippen molar-refractivity contribution >= 4 is 11.6 Å². The molecule has 1 fully saturated rings. The predicted octanol–water partition coefficient (Wildman–Crippen LogP) is 7.90. The molecule has 262 valence electrons. The first-order valence-corrected chi connectivity index (χ1v) is 15.9. The van der Waals surface area contributed by atoms with Gasteiger partial charge in [-0.15, -0.1) is 0 Å². The second-order valence-corrected chi connectivity index (χ2v) is 10.6. The number of para-hydroxylation sites is 4. The van der Waals surface area contributed by atoms with Gasteiger partial charge in [0.1, 0.15) is 0 Å². The minimum absolute atomic E-state index is 0.0874. The highest BCUT2D eigenvalue weighted by Gasteiger charge is 2.14. The lowest BCUT2D eigenvalue weighted by molar-refractivity contribution is 0.0912. The summed E-state index contributed by atoms with van der Waals surface area (Å²) >= 11 is 0. The largest absolute Gasteiger partial charge is 0.493 e. The van der Waals surface area contributed by atoms with E-state index in [1.165, 1.54) is 46.3 Å². The van der Waals surface area contributed by atoms with Crippen LogP contribution in [0.2, 0.25) is 0 Å². The number of benzene rings is 4. The fourth-order valence-corrected chi connectivity index (χ4v) is 4.83. The van der Waals surface area contributed by atoms with Gasteiger partial charge in [-0.2, -0.15) is 0 Å². The Morgan fingerprint density at radius 3 is 1.00 bits per heavy atom. The Bertz CT molecular complexity index is 1490. The molecule has 10 nitrogen and oxygen atoms in total. The molecule has 4 aromatic rings. The summed E-state index contributed by atoms with van der Waals surface area (Å²) in [5, 5.41) is 0. The van der Waals surface area contributed by atoms with E-state index < -0.39 is 0 Å². The molecule has 4 aromatic carbocycles. The topological polar surface area (TPSA) is 108 Å². The van der Waals surface area contributed by atoms with Crippen LogP contribution in [0.4, 0.5) is 0 Å². The van der Waals surface area contributed by atoms with Gasteiger partial charge in [-0.25, -0.2) is 0 Å². The zero-order valence-electron chi connectivity index (χ0n) is 29.1. The number of ketones is 2. The van der Waals surface area contributed by atoms with Crippen LogP contribution in [0.5, 0.6) is 46.0 Å². The smallest absolute Gasteiger partial charge is 0.200 e. The predicted molar refractivity (Wildman–Crippen MR) is 188 cm³/mol. The van der Waals surface area contributed by atoms with Gasteiger partial charge in [0.05, 0.1) is 42.7 Å². The third-order valence-electron chi connectivity index (χ3n) is 7.52. The normalized spacial score (nSPS) is 11.4. The van der Waals surface area contributed by atoms with E-state index in [0.29, 0.717) is 57.1 Å². The zero-order chi connectivity index (χ0) is 35.4. The standard InChI is InChI=1S/2C17H18O5.C5H10/c2*1-19-14-6-4-5-7-16(14)22-11-13(18)12-8-9-15(20-2)17(10-12)21-3;1-2-4-5-3-1/h2*4-10H,11H2,1-3H3;1-5H2. The van der Waals surface area contributed by atoms with Gasteiger partial charge in [0.15, 0.2) is 70.8 Å². The van der Waals surface area contributed by atoms with Gasteiger partial charge in [-0.1, -0.05) is 56.4 Å². The third kappa shape index (κ3) is 11.7. The maximum absolute atomic E-state index is 12.2. The number of hydrogen-bond acceptors (Lipinski definition) is 10. The Balaban J connectivity index is 0.000000232. The van der Waals surface area contributed by atoms with Crippen molar-refractivity contribution in [1.29, 1.82) is 0 Å². The molecule has 1 aliphatic carbocycles. The maximum Gasteiger partial charge on any atom is 0.200 e. The van der Waals surface area contributed by atoms with E-state index in [1.807, 2.05) is 24.3 Å². The van der Waals surface area contributed by atoms with Gasteiger partial charge < -0.3 is 37.9 Å².